The van der Waals surface area contributed by atoms with Gasteiger partial charge in [0.2, 0.25) is 0 Å². The summed E-state index contributed by atoms with van der Waals surface area (Å²) in [5, 5.41) is 8.96. The summed E-state index contributed by atoms with van der Waals surface area (Å²) in [5.41, 5.74) is 7.81. The van der Waals surface area contributed by atoms with E-state index >= 15 is 0 Å². The summed E-state index contributed by atoms with van der Waals surface area (Å²) in [6.45, 7) is 7.20. The molecule has 2 aliphatic heterocycles. The summed E-state index contributed by atoms with van der Waals surface area (Å²) in [6, 6.07) is 13.5. The molecule has 1 saturated heterocycles. The maximum atomic E-state index is 13.7. The minimum Gasteiger partial charge on any atom is -0.483 e. The van der Waals surface area contributed by atoms with Gasteiger partial charge in [0, 0.05) is 5.75 Å². The van der Waals surface area contributed by atoms with Crippen LogP contribution in [0.3, 0.4) is 0 Å². The zero-order valence-corrected chi connectivity index (χ0v) is 22.5. The number of hydrogen-bond donors (Lipinski definition) is 2. The monoisotopic (exact) mass is 537 g/mol. The predicted octanol–water partition coefficient (Wildman–Crippen LogP) is 3.06. The number of nitrogens with zero attached hydrogens (tertiary/aromatic N) is 2. The Bertz CT molecular complexity index is 1300. The van der Waals surface area contributed by atoms with E-state index < -0.39 is 47.8 Å². The summed E-state index contributed by atoms with van der Waals surface area (Å²) in [5.74, 6) is -2.51. The molecule has 0 aliphatic carbocycles. The minimum absolute atomic E-state index is 0.113. The number of benzene rings is 2. The molecular weight excluding hydrogens is 506 g/mol. The van der Waals surface area contributed by atoms with Gasteiger partial charge in [-0.3, -0.25) is 24.2 Å². The van der Waals surface area contributed by atoms with Gasteiger partial charge in [-0.15, -0.1) is 11.8 Å². The lowest BCUT2D eigenvalue weighted by atomic mass is 9.86. The third-order valence-electron chi connectivity index (χ3n) is 6.59. The Morgan fingerprint density at radius 2 is 1.76 bits per heavy atom. The Morgan fingerprint density at radius 1 is 1.13 bits per heavy atom. The number of nitrogens with two attached hydrogens (primary N) is 1. The van der Waals surface area contributed by atoms with Crippen LogP contribution >= 0.6 is 11.8 Å². The fourth-order valence-corrected chi connectivity index (χ4v) is 5.99. The van der Waals surface area contributed by atoms with Gasteiger partial charge in [0.1, 0.15) is 28.9 Å². The van der Waals surface area contributed by atoms with Gasteiger partial charge < -0.3 is 15.6 Å². The summed E-state index contributed by atoms with van der Waals surface area (Å²) in [7, 11) is 0. The lowest BCUT2D eigenvalue weighted by Gasteiger charge is -2.52. The number of para-hydroxylation sites is 1. The largest absolute Gasteiger partial charge is 0.483 e. The number of ether oxygens (including phenoxy) is 1. The molecule has 0 spiro atoms. The summed E-state index contributed by atoms with van der Waals surface area (Å²) < 4.78 is 5.89. The van der Waals surface area contributed by atoms with E-state index in [4.69, 9.17) is 10.5 Å². The molecule has 3 N–H and O–H groups in total. The van der Waals surface area contributed by atoms with Crippen LogP contribution in [0.5, 0.6) is 5.75 Å². The molecule has 9 nitrogen and oxygen atoms in total. The van der Waals surface area contributed by atoms with Crippen LogP contribution in [0.15, 0.2) is 65.9 Å². The van der Waals surface area contributed by atoms with E-state index in [0.29, 0.717) is 22.6 Å². The quantitative estimate of drug-likeness (QED) is 0.516. The predicted molar refractivity (Wildman–Crippen MR) is 143 cm³/mol. The van der Waals surface area contributed by atoms with Crippen molar-refractivity contribution in [3.05, 3.63) is 77.0 Å². The molecule has 2 aliphatic rings. The average Bonchev–Trinajstić information content (AvgIpc) is 2.89. The molecule has 0 saturated carbocycles. The van der Waals surface area contributed by atoms with Gasteiger partial charge in [-0.25, -0.2) is 4.79 Å². The molecule has 3 amide bonds. The third kappa shape index (κ3) is 5.06. The standard InChI is InChI=1S/C28H31N3O6S/c1-16-15-38-26-23(25(34)31(26)22(16)27(35)36)30(24(33)21(29)17-10-6-5-7-11-17)20(32)14-37-19-13-9-8-12-18(19)28(2,3)4/h5-13,21,23,26H,14-15,29H2,1-4H3,(H,35,36)/t21-,23?,26-/m1/s1. The molecule has 4 rings (SSSR count). The van der Waals surface area contributed by atoms with Crippen LogP contribution in [0.1, 0.15) is 44.9 Å². The Kier molecular flexibility index (Phi) is 7.66. The van der Waals surface area contributed by atoms with Crippen molar-refractivity contribution in [2.45, 2.75) is 50.6 Å². The first-order chi connectivity index (χ1) is 17.9. The molecule has 1 fully saturated rings. The van der Waals surface area contributed by atoms with E-state index in [1.165, 1.54) is 11.8 Å². The smallest absolute Gasteiger partial charge is 0.352 e. The van der Waals surface area contributed by atoms with Crippen molar-refractivity contribution in [3.63, 3.8) is 0 Å². The first-order valence-corrected chi connectivity index (χ1v) is 13.2. The van der Waals surface area contributed by atoms with Gasteiger partial charge in [-0.1, -0.05) is 69.3 Å². The van der Waals surface area contributed by atoms with Gasteiger partial charge in [-0.05, 0) is 35.1 Å². The number of imide groups is 1. The maximum absolute atomic E-state index is 13.7. The number of amides is 3. The van der Waals surface area contributed by atoms with Crippen molar-refractivity contribution in [2.75, 3.05) is 12.4 Å². The molecule has 200 valence electrons. The van der Waals surface area contributed by atoms with Crippen molar-refractivity contribution in [1.82, 2.24) is 9.80 Å². The van der Waals surface area contributed by atoms with Gasteiger partial charge in [0.15, 0.2) is 6.61 Å². The van der Waals surface area contributed by atoms with E-state index in [0.717, 1.165) is 15.4 Å². The molecule has 2 aromatic rings. The van der Waals surface area contributed by atoms with Crippen LogP contribution in [0, 0.1) is 0 Å². The van der Waals surface area contributed by atoms with E-state index in [1.54, 1.807) is 49.4 Å². The molecule has 38 heavy (non-hydrogen) atoms. The molecule has 1 unspecified atom stereocenters. The highest BCUT2D eigenvalue weighted by atomic mass is 32.2. The van der Waals surface area contributed by atoms with Gasteiger partial charge in [0.25, 0.3) is 17.7 Å². The van der Waals surface area contributed by atoms with Gasteiger partial charge in [-0.2, -0.15) is 0 Å². The lowest BCUT2D eigenvalue weighted by Crippen LogP contribution is -2.73. The SMILES string of the molecule is CC1=C(C(=O)O)N2C(=O)C(N(C(=O)COc3ccccc3C(C)(C)C)C(=O)[C@H](N)c3ccccc3)[C@H]2SC1. The van der Waals surface area contributed by atoms with Crippen LogP contribution in [-0.2, 0) is 24.6 Å². The van der Waals surface area contributed by atoms with Crippen LogP contribution in [0.25, 0.3) is 0 Å². The number of carboxylic acids is 1. The first-order valence-electron chi connectivity index (χ1n) is 12.2. The highest BCUT2D eigenvalue weighted by molar-refractivity contribution is 8.00. The summed E-state index contributed by atoms with van der Waals surface area (Å²) in [6.07, 6.45) is 0. The highest BCUT2D eigenvalue weighted by Crippen LogP contribution is 2.43. The molecule has 3 atom stereocenters. The topological polar surface area (TPSA) is 130 Å². The third-order valence-corrected chi connectivity index (χ3v) is 8.00. The Labute approximate surface area is 225 Å². The Morgan fingerprint density at radius 3 is 2.39 bits per heavy atom. The number of carboxylic acid groups (broad SMARTS) is 1. The van der Waals surface area contributed by atoms with Gasteiger partial charge >= 0.3 is 5.97 Å². The van der Waals surface area contributed by atoms with E-state index in [2.05, 4.69) is 0 Å². The van der Waals surface area contributed by atoms with Crippen LogP contribution < -0.4 is 10.5 Å². The lowest BCUT2D eigenvalue weighted by molar-refractivity contribution is -0.167. The zero-order valence-electron chi connectivity index (χ0n) is 21.7. The van der Waals surface area contributed by atoms with Crippen molar-refractivity contribution in [1.29, 1.82) is 0 Å². The minimum atomic E-state index is -1.23. The van der Waals surface area contributed by atoms with Crippen molar-refractivity contribution >= 4 is 35.5 Å². The number of aliphatic carboxylic acids is 1. The Hall–Kier alpha value is -3.63. The highest BCUT2D eigenvalue weighted by Gasteiger charge is 2.58. The number of fused-ring (bicyclic) bond motifs is 1. The average molecular weight is 538 g/mol. The second-order valence-corrected chi connectivity index (χ2v) is 11.4. The number of carbonyl (C=O) groups excluding carboxylic acids is 3. The van der Waals surface area contributed by atoms with E-state index in [1.807, 2.05) is 32.9 Å². The summed E-state index contributed by atoms with van der Waals surface area (Å²) in [4.78, 5) is 54.5. The molecule has 2 aromatic carbocycles. The number of β-lactam (4-membered cyclic amide) rings is 1. The molecule has 10 heteroatoms. The number of carbonyl (C=O) groups is 4. The van der Waals surface area contributed by atoms with Crippen LogP contribution in [0.2, 0.25) is 0 Å². The van der Waals surface area contributed by atoms with Crippen LogP contribution in [0.4, 0.5) is 0 Å². The first kappa shape index (κ1) is 27.4. The van der Waals surface area contributed by atoms with E-state index in [-0.39, 0.29) is 11.1 Å². The van der Waals surface area contributed by atoms with E-state index in [9.17, 15) is 24.3 Å². The fraction of sp³-hybridized carbons (Fsp3) is 0.357. The second-order valence-electron chi connectivity index (χ2n) is 10.3. The molecule has 0 aromatic heterocycles. The fourth-order valence-electron chi connectivity index (χ4n) is 4.65. The Balaban J connectivity index is 1.65. The number of hydrogen-bond acceptors (Lipinski definition) is 7. The second kappa shape index (κ2) is 10.6. The molecular formula is C28H31N3O6S. The molecule has 0 radical (unpaired) electrons. The molecule has 0 bridgehead atoms. The summed E-state index contributed by atoms with van der Waals surface area (Å²) >= 11 is 1.30. The van der Waals surface area contributed by atoms with Crippen molar-refractivity contribution in [3.8, 4) is 5.75 Å². The van der Waals surface area contributed by atoms with Crippen LogP contribution in [-0.4, -0.2) is 62.4 Å². The number of thioether (sulfide) groups is 1. The maximum Gasteiger partial charge on any atom is 0.352 e. The normalized spacial score (nSPS) is 19.8. The van der Waals surface area contributed by atoms with Gasteiger partial charge in [0.05, 0.1) is 0 Å². The van der Waals surface area contributed by atoms with Crippen molar-refractivity contribution < 1.29 is 29.0 Å². The zero-order chi connectivity index (χ0) is 27.8. The molecule has 2 heterocycles. The van der Waals surface area contributed by atoms with Crippen molar-refractivity contribution in [2.24, 2.45) is 5.73 Å². The number of rotatable bonds is 7.